The summed E-state index contributed by atoms with van der Waals surface area (Å²) in [6, 6.07) is 13.6. The number of nitrogens with one attached hydrogen (secondary N) is 3. The van der Waals surface area contributed by atoms with Gasteiger partial charge in [-0.1, -0.05) is 18.2 Å². The van der Waals surface area contributed by atoms with Crippen LogP contribution >= 0.6 is 24.0 Å². The largest absolute Gasteiger partial charge is 0.357 e. The van der Waals surface area contributed by atoms with Crippen molar-refractivity contribution in [3.05, 3.63) is 60.2 Å². The number of nitrogens with zero attached hydrogens (tertiary/aromatic N) is 3. The fourth-order valence-electron chi connectivity index (χ4n) is 3.58. The van der Waals surface area contributed by atoms with E-state index in [2.05, 4.69) is 38.8 Å². The molecule has 154 valence electrons. The van der Waals surface area contributed by atoms with Gasteiger partial charge < -0.3 is 20.5 Å². The van der Waals surface area contributed by atoms with E-state index in [1.54, 1.807) is 12.3 Å². The number of hydrogen-bond donors (Lipinski definition) is 3. The van der Waals surface area contributed by atoms with Crippen molar-refractivity contribution in [3.8, 4) is 0 Å². The summed E-state index contributed by atoms with van der Waals surface area (Å²) >= 11 is 0. The van der Waals surface area contributed by atoms with Crippen molar-refractivity contribution in [2.24, 2.45) is 4.99 Å². The molecule has 8 heteroatoms. The molecule has 1 aliphatic heterocycles. The Hall–Kier alpha value is -2.36. The molecule has 6 nitrogen and oxygen atoms in total. The summed E-state index contributed by atoms with van der Waals surface area (Å²) in [6.07, 6.45) is 2.54. The molecular formula is C21H26FIN6. The Kier molecular flexibility index (Phi) is 7.29. The van der Waals surface area contributed by atoms with Crippen molar-refractivity contribution in [3.63, 3.8) is 0 Å². The number of halogens is 2. The SMILES string of the molecule is CCNC(=NCc1cc2ccccc2[nH]1)NC1CCN(c2ncccc2F)C1.I. The maximum absolute atomic E-state index is 14.0. The van der Waals surface area contributed by atoms with Gasteiger partial charge in [-0.15, -0.1) is 24.0 Å². The first-order valence-corrected chi connectivity index (χ1v) is 9.70. The topological polar surface area (TPSA) is 68.3 Å². The first-order chi connectivity index (χ1) is 13.7. The number of aromatic nitrogens is 2. The molecule has 1 aliphatic rings. The molecule has 0 aliphatic carbocycles. The number of pyridine rings is 1. The highest BCUT2D eigenvalue weighted by Crippen LogP contribution is 2.21. The molecule has 1 atom stereocenters. The zero-order valence-electron chi connectivity index (χ0n) is 16.4. The predicted molar refractivity (Wildman–Crippen MR) is 126 cm³/mol. The summed E-state index contributed by atoms with van der Waals surface area (Å²) in [5, 5.41) is 7.96. The van der Waals surface area contributed by atoms with Crippen molar-refractivity contribution in [1.29, 1.82) is 0 Å². The Balaban J connectivity index is 0.00000240. The third-order valence-corrected chi connectivity index (χ3v) is 4.91. The van der Waals surface area contributed by atoms with E-state index in [1.807, 2.05) is 24.0 Å². The van der Waals surface area contributed by atoms with Gasteiger partial charge in [0, 0.05) is 43.1 Å². The summed E-state index contributed by atoms with van der Waals surface area (Å²) in [5.41, 5.74) is 2.19. The fraction of sp³-hybridized carbons (Fsp3) is 0.333. The molecule has 1 fully saturated rings. The van der Waals surface area contributed by atoms with Gasteiger partial charge in [0.1, 0.15) is 0 Å². The fourth-order valence-corrected chi connectivity index (χ4v) is 3.58. The third-order valence-electron chi connectivity index (χ3n) is 4.91. The second kappa shape index (κ2) is 9.91. The van der Waals surface area contributed by atoms with E-state index in [1.165, 1.54) is 11.5 Å². The number of aliphatic imine (C=N–C) groups is 1. The Bertz CT molecular complexity index is 939. The highest BCUT2D eigenvalue weighted by Gasteiger charge is 2.25. The number of aromatic amines is 1. The zero-order chi connectivity index (χ0) is 19.3. The van der Waals surface area contributed by atoms with Crippen LogP contribution in [0.3, 0.4) is 0 Å². The number of guanidine groups is 1. The van der Waals surface area contributed by atoms with Gasteiger partial charge in [-0.2, -0.15) is 0 Å². The minimum atomic E-state index is -0.275. The third kappa shape index (κ3) is 5.17. The Labute approximate surface area is 187 Å². The van der Waals surface area contributed by atoms with Crippen LogP contribution in [0.4, 0.5) is 10.2 Å². The lowest BCUT2D eigenvalue weighted by Crippen LogP contribution is -2.44. The maximum Gasteiger partial charge on any atom is 0.191 e. The van der Waals surface area contributed by atoms with Gasteiger partial charge in [-0.3, -0.25) is 0 Å². The van der Waals surface area contributed by atoms with Crippen LogP contribution in [0, 0.1) is 5.82 Å². The smallest absolute Gasteiger partial charge is 0.191 e. The highest BCUT2D eigenvalue weighted by atomic mass is 127. The van der Waals surface area contributed by atoms with Gasteiger partial charge in [0.05, 0.1) is 6.54 Å². The molecule has 0 saturated carbocycles. The van der Waals surface area contributed by atoms with Crippen LogP contribution in [0.5, 0.6) is 0 Å². The number of benzene rings is 1. The summed E-state index contributed by atoms with van der Waals surface area (Å²) < 4.78 is 14.0. The molecule has 0 spiro atoms. The van der Waals surface area contributed by atoms with Crippen molar-refractivity contribution in [2.45, 2.75) is 25.9 Å². The van der Waals surface area contributed by atoms with Crippen molar-refractivity contribution >= 4 is 46.7 Å². The zero-order valence-corrected chi connectivity index (χ0v) is 18.7. The number of rotatable bonds is 5. The van der Waals surface area contributed by atoms with Gasteiger partial charge in [0.2, 0.25) is 0 Å². The van der Waals surface area contributed by atoms with Crippen molar-refractivity contribution < 1.29 is 4.39 Å². The van der Waals surface area contributed by atoms with Gasteiger partial charge >= 0.3 is 0 Å². The second-order valence-electron chi connectivity index (χ2n) is 6.96. The minimum absolute atomic E-state index is 0. The van der Waals surface area contributed by atoms with Crippen LogP contribution in [0.25, 0.3) is 10.9 Å². The van der Waals surface area contributed by atoms with E-state index in [4.69, 9.17) is 4.99 Å². The molecule has 29 heavy (non-hydrogen) atoms. The molecule has 3 heterocycles. The quantitative estimate of drug-likeness (QED) is 0.280. The number of hydrogen-bond acceptors (Lipinski definition) is 3. The number of anilines is 1. The van der Waals surface area contributed by atoms with E-state index in [-0.39, 0.29) is 35.8 Å². The summed E-state index contributed by atoms with van der Waals surface area (Å²) in [4.78, 5) is 14.3. The Morgan fingerprint density at radius 3 is 2.97 bits per heavy atom. The van der Waals surface area contributed by atoms with E-state index in [9.17, 15) is 4.39 Å². The molecule has 3 N–H and O–H groups in total. The van der Waals surface area contributed by atoms with E-state index < -0.39 is 0 Å². The molecule has 4 rings (SSSR count). The Morgan fingerprint density at radius 2 is 2.17 bits per heavy atom. The van der Waals surface area contributed by atoms with E-state index >= 15 is 0 Å². The highest BCUT2D eigenvalue weighted by molar-refractivity contribution is 14.0. The van der Waals surface area contributed by atoms with Crippen LogP contribution in [-0.4, -0.2) is 41.6 Å². The number of fused-ring (bicyclic) bond motifs is 1. The van der Waals surface area contributed by atoms with E-state index in [0.717, 1.165) is 36.7 Å². The predicted octanol–water partition coefficient (Wildman–Crippen LogP) is 3.65. The van der Waals surface area contributed by atoms with Crippen LogP contribution in [0.2, 0.25) is 0 Å². The monoisotopic (exact) mass is 508 g/mol. The Morgan fingerprint density at radius 1 is 1.31 bits per heavy atom. The lowest BCUT2D eigenvalue weighted by Gasteiger charge is -2.19. The molecule has 1 aromatic carbocycles. The lowest BCUT2D eigenvalue weighted by atomic mass is 10.2. The molecule has 0 amide bonds. The first-order valence-electron chi connectivity index (χ1n) is 9.70. The summed E-state index contributed by atoms with van der Waals surface area (Å²) in [6.45, 7) is 4.86. The van der Waals surface area contributed by atoms with E-state index in [0.29, 0.717) is 18.9 Å². The molecule has 3 aromatic rings. The van der Waals surface area contributed by atoms with Gasteiger partial charge in [-0.05, 0) is 43.0 Å². The molecule has 0 bridgehead atoms. The standard InChI is InChI=1S/C21H25FN6.HI/c1-2-23-21(25-13-17-12-15-6-3-4-8-19(15)26-17)27-16-9-11-28(14-16)20-18(22)7-5-10-24-20;/h3-8,10,12,16,26H,2,9,11,13-14H2,1H3,(H2,23,25,27);1H. The van der Waals surface area contributed by atoms with Crippen LogP contribution in [0.15, 0.2) is 53.7 Å². The summed E-state index contributed by atoms with van der Waals surface area (Å²) in [5.74, 6) is 0.920. The maximum atomic E-state index is 14.0. The average molecular weight is 508 g/mol. The normalized spacial score (nSPS) is 16.7. The minimum Gasteiger partial charge on any atom is -0.357 e. The second-order valence-corrected chi connectivity index (χ2v) is 6.96. The number of H-pyrrole nitrogens is 1. The average Bonchev–Trinajstić information content (AvgIpc) is 3.33. The summed E-state index contributed by atoms with van der Waals surface area (Å²) in [7, 11) is 0. The van der Waals surface area contributed by atoms with Crippen LogP contribution in [-0.2, 0) is 6.54 Å². The van der Waals surface area contributed by atoms with Gasteiger partial charge in [-0.25, -0.2) is 14.4 Å². The van der Waals surface area contributed by atoms with Gasteiger partial charge in [0.15, 0.2) is 17.6 Å². The van der Waals surface area contributed by atoms with Crippen LogP contribution < -0.4 is 15.5 Å². The number of para-hydroxylation sites is 1. The lowest BCUT2D eigenvalue weighted by molar-refractivity contribution is 0.612. The van der Waals surface area contributed by atoms with Crippen LogP contribution in [0.1, 0.15) is 19.0 Å². The molecule has 1 saturated heterocycles. The van der Waals surface area contributed by atoms with Crippen molar-refractivity contribution in [2.75, 3.05) is 24.5 Å². The van der Waals surface area contributed by atoms with Crippen molar-refractivity contribution in [1.82, 2.24) is 20.6 Å². The van der Waals surface area contributed by atoms with Gasteiger partial charge in [0.25, 0.3) is 0 Å². The molecular weight excluding hydrogens is 482 g/mol. The molecule has 1 unspecified atom stereocenters. The first kappa shape index (κ1) is 21.4. The molecule has 0 radical (unpaired) electrons. The molecule has 2 aromatic heterocycles.